The van der Waals surface area contributed by atoms with Gasteiger partial charge in [0, 0.05) is 34.4 Å². The van der Waals surface area contributed by atoms with Crippen LogP contribution >= 0.6 is 11.3 Å². The van der Waals surface area contributed by atoms with E-state index in [4.69, 9.17) is 0 Å². The summed E-state index contributed by atoms with van der Waals surface area (Å²) in [5, 5.41) is 16.0. The van der Waals surface area contributed by atoms with Crippen LogP contribution in [0.25, 0.3) is 10.9 Å². The second-order valence-electron chi connectivity index (χ2n) is 9.69. The number of rotatable bonds is 9. The number of aromatic nitrogens is 5. The average Bonchev–Trinajstić information content (AvgIpc) is 3.48. The normalized spacial score (nSPS) is 13.1. The summed E-state index contributed by atoms with van der Waals surface area (Å²) in [5.74, 6) is 0.843. The molecule has 0 aliphatic heterocycles. The Morgan fingerprint density at radius 2 is 1.97 bits per heavy atom. The Hall–Kier alpha value is -2.84. The Labute approximate surface area is 204 Å². The standard InChI is InChI=1S/C26H34N6OS/c1-7-23(24-28-29-30-32(24)26(5,6)8-2)31(16-20-10-9-11-34-20)15-19-14-21-18(4)12-17(3)13-22(21)27-25(19)33/h9-14,23H,7-8,15-16H2,1-6H3,(H,27,33)/t23-/m0/s1. The summed E-state index contributed by atoms with van der Waals surface area (Å²) >= 11 is 1.73. The predicted molar refractivity (Wildman–Crippen MR) is 138 cm³/mol. The molecule has 8 heteroatoms. The molecular formula is C26H34N6OS. The van der Waals surface area contributed by atoms with E-state index in [0.29, 0.717) is 6.54 Å². The minimum absolute atomic E-state index is 0.0304. The van der Waals surface area contributed by atoms with Gasteiger partial charge >= 0.3 is 0 Å². The summed E-state index contributed by atoms with van der Waals surface area (Å²) in [6.45, 7) is 14.0. The van der Waals surface area contributed by atoms with Gasteiger partial charge in [0.05, 0.1) is 11.6 Å². The van der Waals surface area contributed by atoms with Crippen molar-refractivity contribution in [3.05, 3.63) is 73.5 Å². The molecule has 1 N–H and O–H groups in total. The highest BCUT2D eigenvalue weighted by atomic mass is 32.1. The molecule has 4 aromatic rings. The van der Waals surface area contributed by atoms with Gasteiger partial charge in [-0.05, 0) is 85.7 Å². The third-order valence-electron chi connectivity index (χ3n) is 6.76. The lowest BCUT2D eigenvalue weighted by Gasteiger charge is -2.32. The number of aromatic amines is 1. The van der Waals surface area contributed by atoms with Gasteiger partial charge in [-0.2, -0.15) is 0 Å². The number of hydrogen-bond donors (Lipinski definition) is 1. The first-order valence-corrected chi connectivity index (χ1v) is 12.8. The molecule has 0 amide bonds. The van der Waals surface area contributed by atoms with Crippen molar-refractivity contribution >= 4 is 22.2 Å². The number of nitrogens with one attached hydrogen (secondary N) is 1. The van der Waals surface area contributed by atoms with E-state index in [1.54, 1.807) is 11.3 Å². The zero-order valence-electron chi connectivity index (χ0n) is 20.9. The molecule has 7 nitrogen and oxygen atoms in total. The third-order valence-corrected chi connectivity index (χ3v) is 7.62. The fraction of sp³-hybridized carbons (Fsp3) is 0.462. The number of benzene rings is 1. The zero-order chi connectivity index (χ0) is 24.5. The molecule has 0 radical (unpaired) electrons. The molecule has 3 aromatic heterocycles. The number of tetrazole rings is 1. The smallest absolute Gasteiger partial charge is 0.252 e. The Balaban J connectivity index is 1.78. The van der Waals surface area contributed by atoms with Crippen LogP contribution in [0.3, 0.4) is 0 Å². The van der Waals surface area contributed by atoms with Crippen molar-refractivity contribution in [1.82, 2.24) is 30.1 Å². The lowest BCUT2D eigenvalue weighted by Crippen LogP contribution is -2.36. The SMILES string of the molecule is CC[C@@H](c1nnnn1C(C)(C)CC)N(Cc1cccs1)Cc1cc2c(C)cc(C)cc2[nH]c1=O. The highest BCUT2D eigenvalue weighted by molar-refractivity contribution is 7.09. The lowest BCUT2D eigenvalue weighted by molar-refractivity contribution is 0.152. The van der Waals surface area contributed by atoms with E-state index < -0.39 is 0 Å². The number of nitrogens with zero attached hydrogens (tertiary/aromatic N) is 5. The number of H-pyrrole nitrogens is 1. The zero-order valence-corrected chi connectivity index (χ0v) is 21.7. The van der Waals surface area contributed by atoms with Gasteiger partial charge in [0.2, 0.25) is 0 Å². The van der Waals surface area contributed by atoms with Crippen molar-refractivity contribution in [2.24, 2.45) is 0 Å². The second-order valence-corrected chi connectivity index (χ2v) is 10.7. The van der Waals surface area contributed by atoms with Crippen LogP contribution in [0.1, 0.15) is 74.0 Å². The van der Waals surface area contributed by atoms with Crippen molar-refractivity contribution in [2.75, 3.05) is 0 Å². The number of hydrogen-bond acceptors (Lipinski definition) is 6. The van der Waals surface area contributed by atoms with Crippen LogP contribution in [-0.2, 0) is 18.6 Å². The Bertz CT molecular complexity index is 1320. The molecular weight excluding hydrogens is 444 g/mol. The van der Waals surface area contributed by atoms with E-state index in [1.807, 2.05) is 10.7 Å². The van der Waals surface area contributed by atoms with Crippen LogP contribution in [0.2, 0.25) is 0 Å². The van der Waals surface area contributed by atoms with Crippen molar-refractivity contribution in [2.45, 2.75) is 79.1 Å². The third kappa shape index (κ3) is 4.83. The number of fused-ring (bicyclic) bond motifs is 1. The maximum absolute atomic E-state index is 13.1. The first-order chi connectivity index (χ1) is 16.2. The van der Waals surface area contributed by atoms with Crippen LogP contribution in [-0.4, -0.2) is 30.1 Å². The van der Waals surface area contributed by atoms with E-state index in [9.17, 15) is 4.79 Å². The first-order valence-electron chi connectivity index (χ1n) is 11.9. The minimum atomic E-state index is -0.198. The summed E-state index contributed by atoms with van der Waals surface area (Å²) in [6, 6.07) is 10.4. The van der Waals surface area contributed by atoms with E-state index in [-0.39, 0.29) is 17.1 Å². The molecule has 0 fully saturated rings. The summed E-state index contributed by atoms with van der Waals surface area (Å²) < 4.78 is 1.96. The van der Waals surface area contributed by atoms with Crippen LogP contribution in [0.5, 0.6) is 0 Å². The largest absolute Gasteiger partial charge is 0.322 e. The maximum atomic E-state index is 13.1. The van der Waals surface area contributed by atoms with Crippen molar-refractivity contribution in [3.63, 3.8) is 0 Å². The quantitative estimate of drug-likeness (QED) is 0.344. The fourth-order valence-electron chi connectivity index (χ4n) is 4.52. The van der Waals surface area contributed by atoms with E-state index in [1.165, 1.54) is 4.88 Å². The Morgan fingerprint density at radius 3 is 2.65 bits per heavy atom. The van der Waals surface area contributed by atoms with Gasteiger partial charge in [-0.1, -0.05) is 26.0 Å². The van der Waals surface area contributed by atoms with E-state index in [0.717, 1.165) is 52.8 Å². The molecule has 0 saturated carbocycles. The molecule has 0 saturated heterocycles. The number of pyridine rings is 1. The van der Waals surface area contributed by atoms with Crippen molar-refractivity contribution in [3.8, 4) is 0 Å². The van der Waals surface area contributed by atoms with Gasteiger partial charge in [-0.3, -0.25) is 9.69 Å². The number of aryl methyl sites for hydroxylation is 2. The molecule has 0 unspecified atom stereocenters. The van der Waals surface area contributed by atoms with Gasteiger partial charge in [0.1, 0.15) is 0 Å². The molecule has 34 heavy (non-hydrogen) atoms. The average molecular weight is 479 g/mol. The fourth-order valence-corrected chi connectivity index (χ4v) is 5.25. The summed E-state index contributed by atoms with van der Waals surface area (Å²) in [6.07, 6.45) is 1.74. The van der Waals surface area contributed by atoms with Gasteiger partial charge < -0.3 is 4.98 Å². The molecule has 1 aromatic carbocycles. The van der Waals surface area contributed by atoms with Gasteiger partial charge in [0.15, 0.2) is 5.82 Å². The van der Waals surface area contributed by atoms with Crippen molar-refractivity contribution < 1.29 is 0 Å². The Morgan fingerprint density at radius 1 is 1.18 bits per heavy atom. The van der Waals surface area contributed by atoms with Gasteiger partial charge in [-0.15, -0.1) is 16.4 Å². The Kier molecular flexibility index (Phi) is 7.00. The van der Waals surface area contributed by atoms with Gasteiger partial charge in [0.25, 0.3) is 5.56 Å². The summed E-state index contributed by atoms with van der Waals surface area (Å²) in [5.41, 5.74) is 3.70. The van der Waals surface area contributed by atoms with E-state index >= 15 is 0 Å². The topological polar surface area (TPSA) is 79.7 Å². The van der Waals surface area contributed by atoms with Crippen LogP contribution in [0.15, 0.2) is 40.5 Å². The highest BCUT2D eigenvalue weighted by Gasteiger charge is 2.31. The molecule has 4 rings (SSSR count). The molecule has 0 aliphatic carbocycles. The number of thiophene rings is 1. The molecule has 0 spiro atoms. The van der Waals surface area contributed by atoms with Crippen LogP contribution < -0.4 is 5.56 Å². The molecule has 3 heterocycles. The molecule has 0 aliphatic rings. The van der Waals surface area contributed by atoms with Crippen LogP contribution in [0, 0.1) is 13.8 Å². The second kappa shape index (κ2) is 9.80. The van der Waals surface area contributed by atoms with Gasteiger partial charge in [-0.25, -0.2) is 4.68 Å². The van der Waals surface area contributed by atoms with Crippen molar-refractivity contribution in [1.29, 1.82) is 0 Å². The predicted octanol–water partition coefficient (Wildman–Crippen LogP) is 5.49. The monoisotopic (exact) mass is 478 g/mol. The minimum Gasteiger partial charge on any atom is -0.322 e. The molecule has 180 valence electrons. The molecule has 0 bridgehead atoms. The molecule has 1 atom stereocenters. The highest BCUT2D eigenvalue weighted by Crippen LogP contribution is 2.31. The first kappa shape index (κ1) is 24.3. The maximum Gasteiger partial charge on any atom is 0.252 e. The lowest BCUT2D eigenvalue weighted by atomic mass is 10.0. The van der Waals surface area contributed by atoms with E-state index in [2.05, 4.69) is 96.6 Å². The summed E-state index contributed by atoms with van der Waals surface area (Å²) in [4.78, 5) is 19.8. The summed E-state index contributed by atoms with van der Waals surface area (Å²) in [7, 11) is 0. The van der Waals surface area contributed by atoms with Crippen LogP contribution in [0.4, 0.5) is 0 Å².